The standard InChI is InChI=1S/C16H16BrNO5/c1-21-13-6-10(12-8-15(16(19)20)23-18-12)11(17)7-14(13)22-9-4-2-3-5-9/h6-9H,2-5H2,1H3,(H,19,20). The molecule has 2 aromatic rings. The molecule has 0 saturated heterocycles. The normalized spacial score (nSPS) is 14.9. The zero-order chi connectivity index (χ0) is 16.4. The first-order valence-electron chi connectivity index (χ1n) is 7.33. The molecule has 3 rings (SSSR count). The van der Waals surface area contributed by atoms with Gasteiger partial charge >= 0.3 is 5.97 Å². The fourth-order valence-electron chi connectivity index (χ4n) is 2.67. The Hall–Kier alpha value is -2.02. The zero-order valence-electron chi connectivity index (χ0n) is 12.5. The lowest BCUT2D eigenvalue weighted by atomic mass is 10.1. The number of ether oxygens (including phenoxy) is 2. The van der Waals surface area contributed by atoms with Gasteiger partial charge in [0.15, 0.2) is 11.5 Å². The topological polar surface area (TPSA) is 81.8 Å². The van der Waals surface area contributed by atoms with E-state index in [0.29, 0.717) is 22.8 Å². The number of carboxylic acids is 1. The first-order chi connectivity index (χ1) is 11.1. The van der Waals surface area contributed by atoms with Gasteiger partial charge in [0.05, 0.1) is 13.2 Å². The van der Waals surface area contributed by atoms with Crippen LogP contribution in [0.1, 0.15) is 36.2 Å². The largest absolute Gasteiger partial charge is 0.493 e. The number of methoxy groups -OCH3 is 1. The first-order valence-corrected chi connectivity index (χ1v) is 8.12. The maximum absolute atomic E-state index is 10.9. The summed E-state index contributed by atoms with van der Waals surface area (Å²) in [7, 11) is 1.57. The van der Waals surface area contributed by atoms with Crippen LogP contribution in [0.3, 0.4) is 0 Å². The smallest absolute Gasteiger partial charge is 0.374 e. The van der Waals surface area contributed by atoms with E-state index in [1.165, 1.54) is 18.9 Å². The lowest BCUT2D eigenvalue weighted by Crippen LogP contribution is -2.11. The Bertz CT molecular complexity index is 721. The second kappa shape index (κ2) is 6.62. The lowest BCUT2D eigenvalue weighted by Gasteiger charge is -2.17. The molecule has 0 bridgehead atoms. The summed E-state index contributed by atoms with van der Waals surface area (Å²) in [6.07, 6.45) is 4.68. The van der Waals surface area contributed by atoms with Crippen molar-refractivity contribution in [2.45, 2.75) is 31.8 Å². The van der Waals surface area contributed by atoms with Crippen LogP contribution in [0.5, 0.6) is 11.5 Å². The van der Waals surface area contributed by atoms with E-state index < -0.39 is 5.97 Å². The number of rotatable bonds is 5. The van der Waals surface area contributed by atoms with Crippen molar-refractivity contribution >= 4 is 21.9 Å². The van der Waals surface area contributed by atoms with Crippen LogP contribution in [0.15, 0.2) is 27.2 Å². The third-order valence-electron chi connectivity index (χ3n) is 3.85. The molecule has 122 valence electrons. The highest BCUT2D eigenvalue weighted by Gasteiger charge is 2.21. The summed E-state index contributed by atoms with van der Waals surface area (Å²) in [6.45, 7) is 0. The Morgan fingerprint density at radius 2 is 2.04 bits per heavy atom. The van der Waals surface area contributed by atoms with E-state index in [-0.39, 0.29) is 11.9 Å². The van der Waals surface area contributed by atoms with Crippen LogP contribution in [0.25, 0.3) is 11.3 Å². The van der Waals surface area contributed by atoms with Gasteiger partial charge in [-0.05, 0) is 53.7 Å². The minimum Gasteiger partial charge on any atom is -0.493 e. The maximum Gasteiger partial charge on any atom is 0.374 e. The molecule has 23 heavy (non-hydrogen) atoms. The number of aromatic nitrogens is 1. The molecule has 0 atom stereocenters. The minimum absolute atomic E-state index is 0.211. The molecule has 1 N–H and O–H groups in total. The molecule has 0 aliphatic heterocycles. The van der Waals surface area contributed by atoms with E-state index >= 15 is 0 Å². The van der Waals surface area contributed by atoms with Gasteiger partial charge in [-0.1, -0.05) is 5.16 Å². The molecule has 1 fully saturated rings. The molecule has 1 aromatic heterocycles. The van der Waals surface area contributed by atoms with Crippen LogP contribution in [0, 0.1) is 0 Å². The third-order valence-corrected chi connectivity index (χ3v) is 4.50. The quantitative estimate of drug-likeness (QED) is 0.837. The molecule has 6 nitrogen and oxygen atoms in total. The first kappa shape index (κ1) is 15.9. The second-order valence-electron chi connectivity index (χ2n) is 5.39. The van der Waals surface area contributed by atoms with Crippen LogP contribution in [0.4, 0.5) is 0 Å². The summed E-state index contributed by atoms with van der Waals surface area (Å²) in [4.78, 5) is 10.9. The summed E-state index contributed by atoms with van der Waals surface area (Å²) in [5, 5.41) is 12.7. The Morgan fingerprint density at radius 1 is 1.30 bits per heavy atom. The fraction of sp³-hybridized carbons (Fsp3) is 0.375. The summed E-state index contributed by atoms with van der Waals surface area (Å²) >= 11 is 3.48. The van der Waals surface area contributed by atoms with E-state index in [0.717, 1.165) is 17.3 Å². The summed E-state index contributed by atoms with van der Waals surface area (Å²) < 4.78 is 17.0. The van der Waals surface area contributed by atoms with Crippen molar-refractivity contribution < 1.29 is 23.9 Å². The van der Waals surface area contributed by atoms with Crippen molar-refractivity contribution in [3.8, 4) is 22.8 Å². The fourth-order valence-corrected chi connectivity index (χ4v) is 3.20. The zero-order valence-corrected chi connectivity index (χ0v) is 14.1. The van der Waals surface area contributed by atoms with Crippen molar-refractivity contribution in [2.75, 3.05) is 7.11 Å². The van der Waals surface area contributed by atoms with Crippen LogP contribution in [-0.2, 0) is 0 Å². The number of halogens is 1. The van der Waals surface area contributed by atoms with E-state index in [2.05, 4.69) is 21.1 Å². The van der Waals surface area contributed by atoms with Gasteiger partial charge in [-0.15, -0.1) is 0 Å². The molecule has 1 aliphatic rings. The van der Waals surface area contributed by atoms with Gasteiger partial charge in [0.2, 0.25) is 5.76 Å². The van der Waals surface area contributed by atoms with Gasteiger partial charge in [-0.25, -0.2) is 4.79 Å². The maximum atomic E-state index is 10.9. The molecule has 7 heteroatoms. The van der Waals surface area contributed by atoms with E-state index in [1.807, 2.05) is 6.07 Å². The second-order valence-corrected chi connectivity index (χ2v) is 6.24. The molecule has 0 spiro atoms. The van der Waals surface area contributed by atoms with Crippen LogP contribution in [0.2, 0.25) is 0 Å². The van der Waals surface area contributed by atoms with Crippen molar-refractivity contribution in [1.29, 1.82) is 0 Å². The van der Waals surface area contributed by atoms with Crippen molar-refractivity contribution in [2.24, 2.45) is 0 Å². The van der Waals surface area contributed by atoms with Crippen molar-refractivity contribution in [3.05, 3.63) is 28.4 Å². The summed E-state index contributed by atoms with van der Waals surface area (Å²) in [5.74, 6) is -0.128. The molecule has 1 saturated carbocycles. The number of carboxylic acid groups (broad SMARTS) is 1. The molecule has 0 radical (unpaired) electrons. The third kappa shape index (κ3) is 3.34. The van der Waals surface area contributed by atoms with Gasteiger partial charge < -0.3 is 19.1 Å². The van der Waals surface area contributed by atoms with Crippen LogP contribution in [-0.4, -0.2) is 29.4 Å². The molecule has 1 aromatic carbocycles. The monoisotopic (exact) mass is 381 g/mol. The Balaban J connectivity index is 1.93. The lowest BCUT2D eigenvalue weighted by molar-refractivity contribution is 0.0652. The molecule has 0 amide bonds. The predicted octanol–water partition coefficient (Wildman–Crippen LogP) is 4.13. The number of nitrogens with zero attached hydrogens (tertiary/aromatic N) is 1. The molecular formula is C16H16BrNO5. The Morgan fingerprint density at radius 3 is 2.65 bits per heavy atom. The van der Waals surface area contributed by atoms with Crippen LogP contribution < -0.4 is 9.47 Å². The minimum atomic E-state index is -1.16. The van der Waals surface area contributed by atoms with Crippen LogP contribution >= 0.6 is 15.9 Å². The molecule has 1 heterocycles. The Labute approximate surface area is 141 Å². The summed E-state index contributed by atoms with van der Waals surface area (Å²) in [6, 6.07) is 4.96. The SMILES string of the molecule is COc1cc(-c2cc(C(=O)O)on2)c(Br)cc1OC1CCCC1. The number of carbonyl (C=O) groups is 1. The van der Waals surface area contributed by atoms with E-state index in [4.69, 9.17) is 19.1 Å². The highest BCUT2D eigenvalue weighted by atomic mass is 79.9. The average molecular weight is 382 g/mol. The van der Waals surface area contributed by atoms with E-state index in [1.54, 1.807) is 13.2 Å². The van der Waals surface area contributed by atoms with Gasteiger partial charge in [-0.2, -0.15) is 0 Å². The number of hydrogen-bond acceptors (Lipinski definition) is 5. The van der Waals surface area contributed by atoms with Crippen molar-refractivity contribution in [3.63, 3.8) is 0 Å². The Kier molecular flexibility index (Phi) is 4.56. The van der Waals surface area contributed by atoms with Gasteiger partial charge in [0, 0.05) is 16.1 Å². The number of hydrogen-bond donors (Lipinski definition) is 1. The average Bonchev–Trinajstić information content (AvgIpc) is 3.18. The van der Waals surface area contributed by atoms with Gasteiger partial charge in [-0.3, -0.25) is 0 Å². The van der Waals surface area contributed by atoms with E-state index in [9.17, 15) is 4.79 Å². The molecule has 1 aliphatic carbocycles. The molecule has 0 unspecified atom stereocenters. The number of aromatic carboxylic acids is 1. The molecular weight excluding hydrogens is 366 g/mol. The van der Waals surface area contributed by atoms with Crippen molar-refractivity contribution in [1.82, 2.24) is 5.16 Å². The summed E-state index contributed by atoms with van der Waals surface area (Å²) in [5.41, 5.74) is 1.09. The predicted molar refractivity (Wildman–Crippen MR) is 86.0 cm³/mol. The highest BCUT2D eigenvalue weighted by Crippen LogP contribution is 2.40. The highest BCUT2D eigenvalue weighted by molar-refractivity contribution is 9.10. The number of benzene rings is 1. The van der Waals surface area contributed by atoms with Gasteiger partial charge in [0.25, 0.3) is 0 Å². The van der Waals surface area contributed by atoms with Gasteiger partial charge in [0.1, 0.15) is 5.69 Å².